The molecule has 1 aliphatic carbocycles. The third kappa shape index (κ3) is 3.60. The second kappa shape index (κ2) is 5.95. The largest absolute Gasteiger partial charge is 0.349 e. The van der Waals surface area contributed by atoms with Crippen molar-refractivity contribution in [2.75, 3.05) is 6.26 Å². The predicted octanol–water partition coefficient (Wildman–Crippen LogP) is 2.46. The van der Waals surface area contributed by atoms with Crippen molar-refractivity contribution in [2.24, 2.45) is 5.92 Å². The first-order valence-corrected chi connectivity index (χ1v) is 8.87. The topological polar surface area (TPSA) is 63.2 Å². The normalized spacial score (nSPS) is 17.9. The lowest BCUT2D eigenvalue weighted by Crippen LogP contribution is -2.31. The van der Waals surface area contributed by atoms with Gasteiger partial charge in [-0.15, -0.1) is 0 Å². The SMILES string of the molecule is C[C@H](NC(=O)C1CCCC1)c1ccc(S(C)(=O)=O)cc1. The van der Waals surface area contributed by atoms with Gasteiger partial charge in [0.25, 0.3) is 0 Å². The lowest BCUT2D eigenvalue weighted by molar-refractivity contribution is -0.125. The van der Waals surface area contributed by atoms with E-state index in [-0.39, 0.29) is 17.9 Å². The molecule has 0 spiro atoms. The van der Waals surface area contributed by atoms with Crippen molar-refractivity contribution in [2.45, 2.75) is 43.5 Å². The maximum absolute atomic E-state index is 12.0. The highest BCUT2D eigenvalue weighted by Gasteiger charge is 2.23. The van der Waals surface area contributed by atoms with Gasteiger partial charge in [-0.25, -0.2) is 8.42 Å². The van der Waals surface area contributed by atoms with E-state index < -0.39 is 9.84 Å². The molecule has 0 aliphatic heterocycles. The van der Waals surface area contributed by atoms with Crippen molar-refractivity contribution in [3.8, 4) is 0 Å². The van der Waals surface area contributed by atoms with E-state index in [2.05, 4.69) is 5.32 Å². The highest BCUT2D eigenvalue weighted by atomic mass is 32.2. The number of hydrogen-bond donors (Lipinski definition) is 1. The van der Waals surface area contributed by atoms with Crippen LogP contribution in [0.4, 0.5) is 0 Å². The fraction of sp³-hybridized carbons (Fsp3) is 0.533. The van der Waals surface area contributed by atoms with Crippen LogP contribution in [0.5, 0.6) is 0 Å². The van der Waals surface area contributed by atoms with E-state index in [1.54, 1.807) is 24.3 Å². The molecule has 0 heterocycles. The molecule has 1 atom stereocenters. The Kier molecular flexibility index (Phi) is 4.48. The quantitative estimate of drug-likeness (QED) is 0.928. The molecular formula is C15H21NO3S. The zero-order valence-corrected chi connectivity index (χ0v) is 12.7. The number of amides is 1. The Balaban J connectivity index is 2.02. The Bertz CT molecular complexity index is 572. The molecule has 0 bridgehead atoms. The van der Waals surface area contributed by atoms with Gasteiger partial charge in [-0.1, -0.05) is 25.0 Å². The van der Waals surface area contributed by atoms with E-state index in [1.165, 1.54) is 6.26 Å². The van der Waals surface area contributed by atoms with Crippen LogP contribution in [0.3, 0.4) is 0 Å². The summed E-state index contributed by atoms with van der Waals surface area (Å²) >= 11 is 0. The van der Waals surface area contributed by atoms with Crippen LogP contribution < -0.4 is 5.32 Å². The van der Waals surface area contributed by atoms with Gasteiger partial charge >= 0.3 is 0 Å². The summed E-state index contributed by atoms with van der Waals surface area (Å²) in [6.45, 7) is 1.92. The van der Waals surface area contributed by atoms with Crippen LogP contribution in [0.1, 0.15) is 44.2 Å². The Morgan fingerprint density at radius 1 is 1.20 bits per heavy atom. The number of sulfone groups is 1. The van der Waals surface area contributed by atoms with Gasteiger partial charge in [0.05, 0.1) is 10.9 Å². The first-order valence-electron chi connectivity index (χ1n) is 6.98. The zero-order chi connectivity index (χ0) is 14.8. The number of carbonyl (C=O) groups is 1. The number of nitrogens with one attached hydrogen (secondary N) is 1. The van der Waals surface area contributed by atoms with E-state index in [0.29, 0.717) is 4.90 Å². The Morgan fingerprint density at radius 2 is 1.75 bits per heavy atom. The van der Waals surface area contributed by atoms with Gasteiger partial charge in [0, 0.05) is 12.2 Å². The Morgan fingerprint density at radius 3 is 2.25 bits per heavy atom. The van der Waals surface area contributed by atoms with Gasteiger partial charge in [0.1, 0.15) is 0 Å². The second-order valence-electron chi connectivity index (χ2n) is 5.55. The lowest BCUT2D eigenvalue weighted by Gasteiger charge is -2.17. The molecule has 2 rings (SSSR count). The minimum Gasteiger partial charge on any atom is -0.349 e. The molecule has 1 aromatic carbocycles. The van der Waals surface area contributed by atoms with Gasteiger partial charge in [0.15, 0.2) is 9.84 Å². The van der Waals surface area contributed by atoms with E-state index in [9.17, 15) is 13.2 Å². The fourth-order valence-electron chi connectivity index (χ4n) is 2.61. The summed E-state index contributed by atoms with van der Waals surface area (Å²) in [5.74, 6) is 0.259. The molecule has 1 amide bonds. The maximum Gasteiger partial charge on any atom is 0.223 e. The molecule has 1 fully saturated rings. The molecule has 1 N–H and O–H groups in total. The highest BCUT2D eigenvalue weighted by Crippen LogP contribution is 2.26. The van der Waals surface area contributed by atoms with E-state index in [1.807, 2.05) is 6.92 Å². The molecule has 0 radical (unpaired) electrons. The Hall–Kier alpha value is -1.36. The highest BCUT2D eigenvalue weighted by molar-refractivity contribution is 7.90. The number of benzene rings is 1. The summed E-state index contributed by atoms with van der Waals surface area (Å²) in [6, 6.07) is 6.59. The molecule has 1 aliphatic rings. The molecule has 4 nitrogen and oxygen atoms in total. The van der Waals surface area contributed by atoms with Crippen LogP contribution in [-0.2, 0) is 14.6 Å². The van der Waals surface area contributed by atoms with Crippen LogP contribution >= 0.6 is 0 Å². The third-order valence-electron chi connectivity index (χ3n) is 3.89. The number of carbonyl (C=O) groups excluding carboxylic acids is 1. The van der Waals surface area contributed by atoms with Crippen molar-refractivity contribution in [3.63, 3.8) is 0 Å². The smallest absolute Gasteiger partial charge is 0.223 e. The summed E-state index contributed by atoms with van der Waals surface area (Å²) in [5.41, 5.74) is 0.920. The van der Waals surface area contributed by atoms with Gasteiger partial charge in [-0.05, 0) is 37.5 Å². The summed E-state index contributed by atoms with van der Waals surface area (Å²) in [5, 5.41) is 3.01. The van der Waals surface area contributed by atoms with Gasteiger partial charge < -0.3 is 5.32 Å². The lowest BCUT2D eigenvalue weighted by atomic mass is 10.0. The summed E-state index contributed by atoms with van der Waals surface area (Å²) < 4.78 is 22.8. The van der Waals surface area contributed by atoms with Crippen LogP contribution in [0.15, 0.2) is 29.2 Å². The van der Waals surface area contributed by atoms with Gasteiger partial charge in [0.2, 0.25) is 5.91 Å². The van der Waals surface area contributed by atoms with Gasteiger partial charge in [-0.2, -0.15) is 0 Å². The molecular weight excluding hydrogens is 274 g/mol. The van der Waals surface area contributed by atoms with E-state index >= 15 is 0 Å². The molecule has 0 saturated heterocycles. The zero-order valence-electron chi connectivity index (χ0n) is 11.9. The van der Waals surface area contributed by atoms with E-state index in [0.717, 1.165) is 31.2 Å². The monoisotopic (exact) mass is 295 g/mol. The fourth-order valence-corrected chi connectivity index (χ4v) is 3.24. The predicted molar refractivity (Wildman–Crippen MR) is 78.1 cm³/mol. The average Bonchev–Trinajstić information content (AvgIpc) is 2.91. The van der Waals surface area contributed by atoms with Crippen LogP contribution in [-0.4, -0.2) is 20.6 Å². The minimum absolute atomic E-state index is 0.100. The molecule has 0 aromatic heterocycles. The number of hydrogen-bond acceptors (Lipinski definition) is 3. The number of rotatable bonds is 4. The van der Waals surface area contributed by atoms with Crippen molar-refractivity contribution in [3.05, 3.63) is 29.8 Å². The summed E-state index contributed by atoms with van der Waals surface area (Å²) in [6.07, 6.45) is 5.41. The second-order valence-corrected chi connectivity index (χ2v) is 7.57. The third-order valence-corrected chi connectivity index (χ3v) is 5.02. The standard InChI is InChI=1S/C15H21NO3S/c1-11(16-15(17)13-5-3-4-6-13)12-7-9-14(10-8-12)20(2,18)19/h7-11,13H,3-6H2,1-2H3,(H,16,17)/t11-/m0/s1. The maximum atomic E-state index is 12.0. The summed E-state index contributed by atoms with van der Waals surface area (Å²) in [7, 11) is -3.17. The average molecular weight is 295 g/mol. The van der Waals surface area contributed by atoms with Crippen molar-refractivity contribution < 1.29 is 13.2 Å². The first-order chi connectivity index (χ1) is 9.38. The van der Waals surface area contributed by atoms with Crippen LogP contribution in [0.25, 0.3) is 0 Å². The molecule has 5 heteroatoms. The molecule has 20 heavy (non-hydrogen) atoms. The van der Waals surface area contributed by atoms with Crippen LogP contribution in [0, 0.1) is 5.92 Å². The van der Waals surface area contributed by atoms with E-state index in [4.69, 9.17) is 0 Å². The first kappa shape index (κ1) is 15.0. The summed E-state index contributed by atoms with van der Waals surface area (Å²) in [4.78, 5) is 12.3. The van der Waals surface area contributed by atoms with Gasteiger partial charge in [-0.3, -0.25) is 4.79 Å². The molecule has 0 unspecified atom stereocenters. The Labute approximate surface area is 120 Å². The van der Waals surface area contributed by atoms with Crippen molar-refractivity contribution in [1.29, 1.82) is 0 Å². The molecule has 110 valence electrons. The van der Waals surface area contributed by atoms with Crippen molar-refractivity contribution >= 4 is 15.7 Å². The van der Waals surface area contributed by atoms with Crippen LogP contribution in [0.2, 0.25) is 0 Å². The molecule has 1 saturated carbocycles. The van der Waals surface area contributed by atoms with Crippen molar-refractivity contribution in [1.82, 2.24) is 5.32 Å². The minimum atomic E-state index is -3.17. The molecule has 1 aromatic rings.